The van der Waals surface area contributed by atoms with Crippen LogP contribution in [0.15, 0.2) is 36.8 Å². The van der Waals surface area contributed by atoms with Crippen molar-refractivity contribution in [2.24, 2.45) is 0 Å². The molecule has 0 unspecified atom stereocenters. The number of rotatable bonds is 5. The summed E-state index contributed by atoms with van der Waals surface area (Å²) in [7, 11) is 1.60. The van der Waals surface area contributed by atoms with Gasteiger partial charge in [0.05, 0.1) is 12.2 Å². The standard InChI is InChI=1S/C18H23F2N5O2/c1-17(2,3)27-16(26)25(24(5)15-21-9-6-10-22-15)12-14-8-7-13(11-23-14)18(4,19)20/h6-11H,12H2,1-5H3. The number of anilines is 1. The highest BCUT2D eigenvalue weighted by Crippen LogP contribution is 2.26. The number of carbonyl (C=O) groups is 1. The van der Waals surface area contributed by atoms with Gasteiger partial charge in [-0.3, -0.25) is 4.98 Å². The Morgan fingerprint density at radius 3 is 2.22 bits per heavy atom. The number of carbonyl (C=O) groups excluding carboxylic acids is 1. The van der Waals surface area contributed by atoms with Crippen LogP contribution in [-0.4, -0.2) is 38.7 Å². The number of pyridine rings is 1. The molecule has 7 nitrogen and oxygen atoms in total. The lowest BCUT2D eigenvalue weighted by Gasteiger charge is -2.33. The van der Waals surface area contributed by atoms with Crippen LogP contribution in [-0.2, 0) is 17.2 Å². The number of alkyl halides is 2. The smallest absolute Gasteiger partial charge is 0.429 e. The van der Waals surface area contributed by atoms with E-state index in [0.29, 0.717) is 5.69 Å². The van der Waals surface area contributed by atoms with Crippen LogP contribution in [0.3, 0.4) is 0 Å². The number of hydrogen-bond donors (Lipinski definition) is 0. The van der Waals surface area contributed by atoms with Crippen LogP contribution in [0.5, 0.6) is 0 Å². The van der Waals surface area contributed by atoms with Gasteiger partial charge in [-0.25, -0.2) is 33.6 Å². The second-order valence-corrected chi connectivity index (χ2v) is 7.04. The summed E-state index contributed by atoms with van der Waals surface area (Å²) in [5.74, 6) is -2.70. The third-order valence-electron chi connectivity index (χ3n) is 3.45. The fourth-order valence-corrected chi connectivity index (χ4v) is 2.11. The van der Waals surface area contributed by atoms with Gasteiger partial charge in [-0.2, -0.15) is 0 Å². The van der Waals surface area contributed by atoms with Crippen LogP contribution in [0.1, 0.15) is 39.0 Å². The number of hydrogen-bond acceptors (Lipinski definition) is 6. The van der Waals surface area contributed by atoms with Crippen molar-refractivity contribution in [2.75, 3.05) is 12.1 Å². The Kier molecular flexibility index (Phi) is 5.92. The maximum absolute atomic E-state index is 13.4. The molecule has 0 aliphatic rings. The Bertz CT molecular complexity index is 758. The van der Waals surface area contributed by atoms with Gasteiger partial charge >= 0.3 is 6.09 Å². The molecule has 2 heterocycles. The van der Waals surface area contributed by atoms with Gasteiger partial charge in [-0.1, -0.05) is 0 Å². The molecule has 0 radical (unpaired) electrons. The van der Waals surface area contributed by atoms with E-state index < -0.39 is 17.6 Å². The molecule has 146 valence electrons. The van der Waals surface area contributed by atoms with Crippen molar-refractivity contribution in [1.82, 2.24) is 20.0 Å². The van der Waals surface area contributed by atoms with Crippen LogP contribution in [0.25, 0.3) is 0 Å². The Labute approximate surface area is 157 Å². The Hall–Kier alpha value is -2.84. The van der Waals surface area contributed by atoms with E-state index in [1.54, 1.807) is 46.3 Å². The van der Waals surface area contributed by atoms with Gasteiger partial charge in [0.15, 0.2) is 0 Å². The SMILES string of the molecule is CN(c1ncccn1)N(Cc1ccc(C(C)(F)F)cn1)C(=O)OC(C)(C)C. The number of ether oxygens (including phenoxy) is 1. The maximum Gasteiger partial charge on any atom is 0.429 e. The minimum Gasteiger partial charge on any atom is -0.442 e. The van der Waals surface area contributed by atoms with Crippen LogP contribution >= 0.6 is 0 Å². The van der Waals surface area contributed by atoms with E-state index in [9.17, 15) is 13.6 Å². The summed E-state index contributed by atoms with van der Waals surface area (Å²) >= 11 is 0. The van der Waals surface area contributed by atoms with Crippen molar-refractivity contribution in [2.45, 2.75) is 45.8 Å². The Morgan fingerprint density at radius 1 is 1.11 bits per heavy atom. The Morgan fingerprint density at radius 2 is 1.74 bits per heavy atom. The fourth-order valence-electron chi connectivity index (χ4n) is 2.11. The molecule has 0 bridgehead atoms. The molecule has 0 aromatic carbocycles. The lowest BCUT2D eigenvalue weighted by molar-refractivity contribution is 0.0163. The van der Waals surface area contributed by atoms with Crippen molar-refractivity contribution >= 4 is 12.0 Å². The van der Waals surface area contributed by atoms with Gasteiger partial charge < -0.3 is 4.74 Å². The lowest BCUT2D eigenvalue weighted by Crippen LogP contribution is -2.47. The molecule has 0 spiro atoms. The molecule has 0 fully saturated rings. The highest BCUT2D eigenvalue weighted by molar-refractivity contribution is 5.70. The van der Waals surface area contributed by atoms with Crippen LogP contribution < -0.4 is 5.01 Å². The van der Waals surface area contributed by atoms with E-state index in [-0.39, 0.29) is 18.1 Å². The monoisotopic (exact) mass is 379 g/mol. The van der Waals surface area contributed by atoms with Crippen molar-refractivity contribution in [3.8, 4) is 0 Å². The molecule has 0 aliphatic carbocycles. The third-order valence-corrected chi connectivity index (χ3v) is 3.45. The van der Waals surface area contributed by atoms with E-state index in [0.717, 1.165) is 13.1 Å². The van der Waals surface area contributed by atoms with Crippen molar-refractivity contribution < 1.29 is 18.3 Å². The maximum atomic E-state index is 13.4. The molecule has 2 rings (SSSR count). The summed E-state index contributed by atoms with van der Waals surface area (Å²) in [5, 5.41) is 2.69. The van der Waals surface area contributed by atoms with E-state index in [1.807, 2.05) is 0 Å². The first-order valence-corrected chi connectivity index (χ1v) is 8.32. The second-order valence-electron chi connectivity index (χ2n) is 7.04. The zero-order valence-corrected chi connectivity index (χ0v) is 16.0. The van der Waals surface area contributed by atoms with Crippen LogP contribution in [0.2, 0.25) is 0 Å². The van der Waals surface area contributed by atoms with Gasteiger partial charge in [0, 0.05) is 38.1 Å². The zero-order chi connectivity index (χ0) is 20.2. The molecular formula is C18H23F2N5O2. The first-order valence-electron chi connectivity index (χ1n) is 8.32. The van der Waals surface area contributed by atoms with Gasteiger partial charge in [0.2, 0.25) is 5.95 Å². The summed E-state index contributed by atoms with van der Waals surface area (Å²) < 4.78 is 32.2. The summed E-state index contributed by atoms with van der Waals surface area (Å²) in [4.78, 5) is 24.9. The molecule has 1 amide bonds. The molecule has 0 atom stereocenters. The summed E-state index contributed by atoms with van der Waals surface area (Å²) in [6, 6.07) is 4.39. The zero-order valence-electron chi connectivity index (χ0n) is 16.0. The second kappa shape index (κ2) is 7.81. The van der Waals surface area contributed by atoms with Crippen LogP contribution in [0.4, 0.5) is 19.5 Å². The van der Waals surface area contributed by atoms with Gasteiger partial charge in [0.1, 0.15) is 5.60 Å². The average Bonchev–Trinajstić information content (AvgIpc) is 2.58. The lowest BCUT2D eigenvalue weighted by atomic mass is 10.1. The molecule has 27 heavy (non-hydrogen) atoms. The van der Waals surface area contributed by atoms with Crippen molar-refractivity contribution in [1.29, 1.82) is 0 Å². The first kappa shape index (κ1) is 20.5. The van der Waals surface area contributed by atoms with Crippen molar-refractivity contribution in [3.05, 3.63) is 48.0 Å². The third kappa shape index (κ3) is 5.83. The van der Waals surface area contributed by atoms with Gasteiger partial charge in [-0.15, -0.1) is 0 Å². The van der Waals surface area contributed by atoms with Crippen LogP contribution in [0, 0.1) is 0 Å². The van der Waals surface area contributed by atoms with E-state index >= 15 is 0 Å². The molecule has 9 heteroatoms. The quantitative estimate of drug-likeness (QED) is 0.737. The summed E-state index contributed by atoms with van der Waals surface area (Å²) in [5.41, 5.74) is -0.499. The van der Waals surface area contributed by atoms with E-state index in [1.165, 1.54) is 22.2 Å². The number of nitrogens with zero attached hydrogens (tertiary/aromatic N) is 5. The minimum absolute atomic E-state index is 0.000761. The first-order chi connectivity index (χ1) is 12.5. The highest BCUT2D eigenvalue weighted by atomic mass is 19.3. The molecule has 0 saturated heterocycles. The largest absolute Gasteiger partial charge is 0.442 e. The number of amides is 1. The fraction of sp³-hybridized carbons (Fsp3) is 0.444. The topological polar surface area (TPSA) is 71.5 Å². The van der Waals surface area contributed by atoms with E-state index in [2.05, 4.69) is 15.0 Å². The average molecular weight is 379 g/mol. The number of halogens is 2. The predicted octanol–water partition coefficient (Wildman–Crippen LogP) is 3.77. The minimum atomic E-state index is -2.98. The number of hydrazine groups is 1. The predicted molar refractivity (Wildman–Crippen MR) is 96.0 cm³/mol. The Balaban J connectivity index is 2.28. The molecule has 2 aromatic rings. The summed E-state index contributed by atoms with van der Waals surface area (Å²) in [6.07, 6.45) is 3.55. The molecule has 0 aliphatic heterocycles. The van der Waals surface area contributed by atoms with Gasteiger partial charge in [-0.05, 0) is 39.0 Å². The number of aromatic nitrogens is 3. The van der Waals surface area contributed by atoms with E-state index in [4.69, 9.17) is 4.74 Å². The normalized spacial score (nSPS) is 11.8. The summed E-state index contributed by atoms with van der Waals surface area (Å²) in [6.45, 7) is 6.05. The van der Waals surface area contributed by atoms with Gasteiger partial charge in [0.25, 0.3) is 5.92 Å². The van der Waals surface area contributed by atoms with Crippen molar-refractivity contribution in [3.63, 3.8) is 0 Å². The highest BCUT2D eigenvalue weighted by Gasteiger charge is 2.28. The molecule has 0 N–H and O–H groups in total. The molecular weight excluding hydrogens is 356 g/mol. The molecule has 2 aromatic heterocycles. The molecule has 0 saturated carbocycles.